The van der Waals surface area contributed by atoms with Crippen LogP contribution >= 0.6 is 23.2 Å². The second-order valence-electron chi connectivity index (χ2n) is 3.04. The van der Waals surface area contributed by atoms with Crippen molar-refractivity contribution < 1.29 is 14.5 Å². The zero-order chi connectivity index (χ0) is 13.0. The Morgan fingerprint density at radius 1 is 1.53 bits per heavy atom. The minimum absolute atomic E-state index is 0.0788. The quantitative estimate of drug-likeness (QED) is 0.359. The average molecular weight is 278 g/mol. The highest BCUT2D eigenvalue weighted by molar-refractivity contribution is 6.55. The molecule has 0 bridgehead atoms. The van der Waals surface area contributed by atoms with E-state index < -0.39 is 15.5 Å². The molecule has 0 radical (unpaired) electrons. The lowest BCUT2D eigenvalue weighted by Crippen LogP contribution is -2.09. The second kappa shape index (κ2) is 5.84. The molecule has 0 N–H and O–H groups in total. The molecule has 0 saturated carbocycles. The number of nitrogens with zero attached hydrogens (tertiary/aromatic N) is 1. The van der Waals surface area contributed by atoms with Crippen LogP contribution in [0.15, 0.2) is 18.2 Å². The minimum Gasteiger partial charge on any atom is -0.487 e. The van der Waals surface area contributed by atoms with Crippen LogP contribution in [0.5, 0.6) is 5.75 Å². The molecule has 0 aromatic heterocycles. The van der Waals surface area contributed by atoms with Crippen LogP contribution in [0.4, 0.5) is 5.69 Å². The summed E-state index contributed by atoms with van der Waals surface area (Å²) in [5.74, 6) is -0.478. The Kier molecular flexibility index (Phi) is 4.72. The lowest BCUT2D eigenvalue weighted by Gasteiger charge is -2.06. The van der Waals surface area contributed by atoms with Crippen molar-refractivity contribution in [2.45, 2.75) is 11.8 Å². The number of rotatable bonds is 5. The van der Waals surface area contributed by atoms with Gasteiger partial charge in [0.05, 0.1) is 11.5 Å². The molecule has 5 nitrogen and oxygen atoms in total. The Labute approximate surface area is 107 Å². The molecule has 0 aliphatic rings. The number of nitro benzene ring substituents is 1. The number of Topliss-reactive ketones (excluding diaryl/α,β-unsaturated/α-hetero) is 1. The fourth-order valence-corrected chi connectivity index (χ4v) is 1.47. The molecule has 0 spiro atoms. The molecule has 0 saturated heterocycles. The summed E-state index contributed by atoms with van der Waals surface area (Å²) in [5.41, 5.74) is -0.207. The number of hydrogen-bond donors (Lipinski definition) is 0. The van der Waals surface area contributed by atoms with Crippen molar-refractivity contribution in [1.29, 1.82) is 0 Å². The average Bonchev–Trinajstić information content (AvgIpc) is 2.28. The van der Waals surface area contributed by atoms with E-state index in [9.17, 15) is 14.9 Å². The summed E-state index contributed by atoms with van der Waals surface area (Å²) >= 11 is 10.8. The van der Waals surface area contributed by atoms with Gasteiger partial charge in [-0.3, -0.25) is 14.9 Å². The Morgan fingerprint density at radius 2 is 2.18 bits per heavy atom. The van der Waals surface area contributed by atoms with Crippen molar-refractivity contribution in [2.24, 2.45) is 0 Å². The van der Waals surface area contributed by atoms with Crippen molar-refractivity contribution in [3.05, 3.63) is 33.9 Å². The third-order valence-electron chi connectivity index (χ3n) is 1.94. The van der Waals surface area contributed by atoms with Gasteiger partial charge in [-0.25, -0.2) is 0 Å². The van der Waals surface area contributed by atoms with Gasteiger partial charge in [0.25, 0.3) is 0 Å². The molecule has 92 valence electrons. The largest absolute Gasteiger partial charge is 0.487 e. The maximum Gasteiger partial charge on any atom is 0.311 e. The summed E-state index contributed by atoms with van der Waals surface area (Å²) < 4.78 is 5.07. The van der Waals surface area contributed by atoms with Gasteiger partial charge in [0.2, 0.25) is 0 Å². The van der Waals surface area contributed by atoms with E-state index >= 15 is 0 Å². The molecule has 0 atom stereocenters. The molecule has 7 heteroatoms. The number of benzene rings is 1. The molecule has 0 aliphatic heterocycles. The van der Waals surface area contributed by atoms with Crippen molar-refractivity contribution in [3.8, 4) is 5.75 Å². The summed E-state index contributed by atoms with van der Waals surface area (Å²) in [4.78, 5) is 20.4. The first kappa shape index (κ1) is 13.7. The predicted molar refractivity (Wildman–Crippen MR) is 64.1 cm³/mol. The third-order valence-corrected chi connectivity index (χ3v) is 2.33. The lowest BCUT2D eigenvalue weighted by molar-refractivity contribution is -0.385. The lowest BCUT2D eigenvalue weighted by atomic mass is 10.1. The zero-order valence-electron chi connectivity index (χ0n) is 8.85. The fourth-order valence-electron chi connectivity index (χ4n) is 1.22. The Morgan fingerprint density at radius 3 is 2.65 bits per heavy atom. The first-order valence-electron chi connectivity index (χ1n) is 4.71. The van der Waals surface area contributed by atoms with Gasteiger partial charge in [-0.05, 0) is 19.1 Å². The topological polar surface area (TPSA) is 69.4 Å². The smallest absolute Gasteiger partial charge is 0.311 e. The number of hydrogen-bond acceptors (Lipinski definition) is 4. The summed E-state index contributed by atoms with van der Waals surface area (Å²) in [6.45, 7) is 2.00. The number of carbonyl (C=O) groups excluding carboxylic acids is 1. The van der Waals surface area contributed by atoms with Crippen molar-refractivity contribution in [2.75, 3.05) is 6.61 Å². The molecule has 1 aromatic carbocycles. The molecule has 0 heterocycles. The van der Waals surface area contributed by atoms with Crippen LogP contribution in [0.3, 0.4) is 0 Å². The highest BCUT2D eigenvalue weighted by Crippen LogP contribution is 2.29. The van der Waals surface area contributed by atoms with Gasteiger partial charge < -0.3 is 4.74 Å². The van der Waals surface area contributed by atoms with E-state index in [-0.39, 0.29) is 17.0 Å². The fraction of sp³-hybridized carbons (Fsp3) is 0.300. The number of ketones is 1. The van der Waals surface area contributed by atoms with E-state index in [1.807, 2.05) is 0 Å². The second-order valence-corrected chi connectivity index (χ2v) is 4.13. The molecule has 0 unspecified atom stereocenters. The number of ether oxygens (including phenoxy) is 1. The number of alkyl halides is 2. The monoisotopic (exact) mass is 277 g/mol. The minimum atomic E-state index is -1.24. The number of halogens is 2. The van der Waals surface area contributed by atoms with Gasteiger partial charge in [-0.2, -0.15) is 0 Å². The first-order valence-corrected chi connectivity index (χ1v) is 5.58. The van der Waals surface area contributed by atoms with E-state index in [0.717, 1.165) is 6.07 Å². The van der Waals surface area contributed by atoms with E-state index in [4.69, 9.17) is 27.9 Å². The van der Waals surface area contributed by atoms with Crippen LogP contribution in [-0.2, 0) is 0 Å². The highest BCUT2D eigenvalue weighted by Gasteiger charge is 2.21. The summed E-state index contributed by atoms with van der Waals surface area (Å²) in [5, 5.41) is 10.8. The van der Waals surface area contributed by atoms with Crippen LogP contribution < -0.4 is 4.74 Å². The molecular formula is C10H9Cl2NO4. The van der Waals surface area contributed by atoms with Gasteiger partial charge in [0, 0.05) is 11.6 Å². The van der Waals surface area contributed by atoms with Crippen LogP contribution in [0.1, 0.15) is 17.3 Å². The summed E-state index contributed by atoms with van der Waals surface area (Å²) in [6.07, 6.45) is 0. The summed E-state index contributed by atoms with van der Waals surface area (Å²) in [6, 6.07) is 3.84. The first-order chi connectivity index (χ1) is 7.97. The van der Waals surface area contributed by atoms with E-state index in [1.54, 1.807) is 6.92 Å². The predicted octanol–water partition coefficient (Wildman–Crippen LogP) is 2.98. The Balaban J connectivity index is 3.18. The molecular weight excluding hydrogens is 269 g/mol. The molecule has 0 aliphatic carbocycles. The summed E-state index contributed by atoms with van der Waals surface area (Å²) in [7, 11) is 0. The van der Waals surface area contributed by atoms with E-state index in [1.165, 1.54) is 12.1 Å². The molecule has 17 heavy (non-hydrogen) atoms. The SMILES string of the molecule is CCOc1ccc(C(=O)C(Cl)Cl)cc1[N+](=O)[O-]. The Hall–Kier alpha value is -1.33. The van der Waals surface area contributed by atoms with Crippen molar-refractivity contribution >= 4 is 34.7 Å². The van der Waals surface area contributed by atoms with E-state index in [0.29, 0.717) is 6.61 Å². The van der Waals surface area contributed by atoms with Gasteiger partial charge in [-0.15, -0.1) is 0 Å². The van der Waals surface area contributed by atoms with Crippen molar-refractivity contribution in [1.82, 2.24) is 0 Å². The molecule has 0 amide bonds. The van der Waals surface area contributed by atoms with Gasteiger partial charge in [0.15, 0.2) is 16.4 Å². The van der Waals surface area contributed by atoms with E-state index in [2.05, 4.69) is 0 Å². The van der Waals surface area contributed by atoms with Crippen LogP contribution in [0.2, 0.25) is 0 Å². The Bertz CT molecular complexity index is 448. The van der Waals surface area contributed by atoms with Crippen LogP contribution in [0.25, 0.3) is 0 Å². The van der Waals surface area contributed by atoms with Gasteiger partial charge >= 0.3 is 5.69 Å². The third kappa shape index (κ3) is 3.31. The zero-order valence-corrected chi connectivity index (χ0v) is 10.4. The van der Waals surface area contributed by atoms with Crippen LogP contribution in [0, 0.1) is 10.1 Å². The molecule has 1 rings (SSSR count). The highest BCUT2D eigenvalue weighted by atomic mass is 35.5. The number of carbonyl (C=O) groups is 1. The van der Waals surface area contributed by atoms with Crippen LogP contribution in [-0.4, -0.2) is 22.1 Å². The van der Waals surface area contributed by atoms with Gasteiger partial charge in [-0.1, -0.05) is 23.2 Å². The standard InChI is InChI=1S/C10H9Cl2NO4/c1-2-17-8-4-3-6(9(14)10(11)12)5-7(8)13(15)16/h3-5,10H,2H2,1H3. The van der Waals surface area contributed by atoms with Gasteiger partial charge in [0.1, 0.15) is 0 Å². The maximum atomic E-state index is 11.5. The molecule has 1 aromatic rings. The number of nitro groups is 1. The molecule has 0 fully saturated rings. The maximum absolute atomic E-state index is 11.5. The van der Waals surface area contributed by atoms with Crippen molar-refractivity contribution in [3.63, 3.8) is 0 Å². The normalized spacial score (nSPS) is 10.4.